The third-order valence-electron chi connectivity index (χ3n) is 3.77. The Morgan fingerprint density at radius 2 is 2.27 bits per heavy atom. The number of amides is 1. The smallest absolute Gasteiger partial charge is 0.376 e. The number of hydrogen-bond donors (Lipinski definition) is 1. The predicted molar refractivity (Wildman–Crippen MR) is 82.5 cm³/mol. The van der Waals surface area contributed by atoms with E-state index in [4.69, 9.17) is 9.47 Å². The average molecular weight is 371 g/mol. The lowest BCUT2D eigenvalue weighted by Gasteiger charge is -2.27. The van der Waals surface area contributed by atoms with Gasteiger partial charge in [-0.3, -0.25) is 4.79 Å². The second kappa shape index (κ2) is 7.79. The van der Waals surface area contributed by atoms with Crippen LogP contribution in [0.1, 0.15) is 6.42 Å². The number of aromatic nitrogens is 4. The minimum Gasteiger partial charge on any atom is -0.376 e. The predicted octanol–water partition coefficient (Wildman–Crippen LogP) is 1.58. The van der Waals surface area contributed by atoms with E-state index in [0.29, 0.717) is 6.61 Å². The van der Waals surface area contributed by atoms with Gasteiger partial charge < -0.3 is 14.8 Å². The minimum atomic E-state index is -4.73. The SMILES string of the molecule is O=C(Nc1cncnc1-n1cccn1)C(CC1COCCO1)C(F)(F)F. The molecule has 2 atom stereocenters. The zero-order chi connectivity index (χ0) is 18.6. The monoisotopic (exact) mass is 371 g/mol. The molecule has 2 aromatic rings. The van der Waals surface area contributed by atoms with Gasteiger partial charge in [-0.15, -0.1) is 0 Å². The van der Waals surface area contributed by atoms with Crippen LogP contribution in [0.3, 0.4) is 0 Å². The molecule has 3 rings (SSSR count). The van der Waals surface area contributed by atoms with Gasteiger partial charge in [0, 0.05) is 12.4 Å². The molecule has 0 radical (unpaired) electrons. The first-order valence-corrected chi connectivity index (χ1v) is 7.82. The van der Waals surface area contributed by atoms with Crippen LogP contribution >= 0.6 is 0 Å². The van der Waals surface area contributed by atoms with E-state index in [1.807, 2.05) is 0 Å². The van der Waals surface area contributed by atoms with Crippen molar-refractivity contribution in [3.05, 3.63) is 31.0 Å². The van der Waals surface area contributed by atoms with Crippen LogP contribution in [-0.4, -0.2) is 57.8 Å². The first-order chi connectivity index (χ1) is 12.4. The van der Waals surface area contributed by atoms with E-state index < -0.39 is 30.5 Å². The molecule has 1 amide bonds. The van der Waals surface area contributed by atoms with Crippen molar-refractivity contribution in [2.45, 2.75) is 18.7 Å². The third-order valence-corrected chi connectivity index (χ3v) is 3.77. The van der Waals surface area contributed by atoms with Gasteiger partial charge in [-0.2, -0.15) is 18.3 Å². The van der Waals surface area contributed by atoms with Crippen molar-refractivity contribution in [2.75, 3.05) is 25.1 Å². The second-order valence-corrected chi connectivity index (χ2v) is 5.60. The number of halogens is 3. The van der Waals surface area contributed by atoms with E-state index in [0.717, 1.165) is 0 Å². The number of carbonyl (C=O) groups is 1. The zero-order valence-corrected chi connectivity index (χ0v) is 13.5. The Morgan fingerprint density at radius 1 is 1.42 bits per heavy atom. The second-order valence-electron chi connectivity index (χ2n) is 5.60. The minimum absolute atomic E-state index is 0.0207. The first kappa shape index (κ1) is 18.3. The van der Waals surface area contributed by atoms with Crippen LogP contribution in [0, 0.1) is 5.92 Å². The maximum atomic E-state index is 13.4. The number of ether oxygens (including phenoxy) is 2. The Labute approximate surface area is 146 Å². The molecule has 0 aromatic carbocycles. The zero-order valence-electron chi connectivity index (χ0n) is 13.5. The summed E-state index contributed by atoms with van der Waals surface area (Å²) in [5.41, 5.74) is 0.0243. The van der Waals surface area contributed by atoms with Gasteiger partial charge in [0.25, 0.3) is 0 Å². The molecule has 1 aliphatic heterocycles. The van der Waals surface area contributed by atoms with Gasteiger partial charge in [0.05, 0.1) is 32.1 Å². The summed E-state index contributed by atoms with van der Waals surface area (Å²) in [6.45, 7) is 0.549. The van der Waals surface area contributed by atoms with Crippen LogP contribution < -0.4 is 5.32 Å². The molecule has 2 unspecified atom stereocenters. The summed E-state index contributed by atoms with van der Waals surface area (Å²) < 4.78 is 51.9. The topological polar surface area (TPSA) is 91.2 Å². The number of nitrogens with zero attached hydrogens (tertiary/aromatic N) is 4. The van der Waals surface area contributed by atoms with Crippen molar-refractivity contribution in [3.63, 3.8) is 0 Å². The number of nitrogens with one attached hydrogen (secondary N) is 1. The molecule has 26 heavy (non-hydrogen) atoms. The van der Waals surface area contributed by atoms with E-state index >= 15 is 0 Å². The molecule has 0 spiro atoms. The Kier molecular flexibility index (Phi) is 5.47. The Balaban J connectivity index is 1.78. The summed E-state index contributed by atoms with van der Waals surface area (Å²) >= 11 is 0. The van der Waals surface area contributed by atoms with Crippen LogP contribution in [-0.2, 0) is 14.3 Å². The molecule has 1 N–H and O–H groups in total. The molecule has 3 heterocycles. The molecule has 0 saturated carbocycles. The summed E-state index contributed by atoms with van der Waals surface area (Å²) in [7, 11) is 0. The maximum Gasteiger partial charge on any atom is 0.400 e. The number of rotatable bonds is 5. The number of hydrogen-bond acceptors (Lipinski definition) is 6. The fourth-order valence-corrected chi connectivity index (χ4v) is 2.53. The third kappa shape index (κ3) is 4.35. The average Bonchev–Trinajstić information content (AvgIpc) is 3.14. The van der Waals surface area contributed by atoms with Gasteiger partial charge in [-0.1, -0.05) is 0 Å². The van der Waals surface area contributed by atoms with Crippen molar-refractivity contribution in [1.29, 1.82) is 0 Å². The van der Waals surface area contributed by atoms with Crippen LogP contribution in [0.4, 0.5) is 18.9 Å². The molecule has 11 heteroatoms. The van der Waals surface area contributed by atoms with Crippen LogP contribution in [0.2, 0.25) is 0 Å². The normalized spacial score (nSPS) is 19.1. The fourth-order valence-electron chi connectivity index (χ4n) is 2.53. The van der Waals surface area contributed by atoms with E-state index in [1.54, 1.807) is 12.3 Å². The lowest BCUT2D eigenvalue weighted by atomic mass is 9.99. The van der Waals surface area contributed by atoms with Crippen LogP contribution in [0.25, 0.3) is 5.82 Å². The molecule has 0 bridgehead atoms. The molecule has 8 nitrogen and oxygen atoms in total. The Hall–Kier alpha value is -2.53. The lowest BCUT2D eigenvalue weighted by molar-refractivity contribution is -0.192. The highest BCUT2D eigenvalue weighted by Crippen LogP contribution is 2.32. The standard InChI is InChI=1S/C15H16F3N5O3/c16-15(17,18)11(6-10-8-25-4-5-26-10)14(24)22-12-7-19-9-20-13(12)23-3-1-2-21-23/h1-3,7,9-11H,4-6,8H2,(H,22,24). The molecular weight excluding hydrogens is 355 g/mol. The lowest BCUT2D eigenvalue weighted by Crippen LogP contribution is -2.40. The summed E-state index contributed by atoms with van der Waals surface area (Å²) in [5.74, 6) is -3.30. The highest BCUT2D eigenvalue weighted by Gasteiger charge is 2.46. The molecule has 1 aliphatic rings. The van der Waals surface area contributed by atoms with E-state index in [-0.39, 0.29) is 24.7 Å². The summed E-state index contributed by atoms with van der Waals surface area (Å²) in [4.78, 5) is 20.1. The van der Waals surface area contributed by atoms with Crippen molar-refractivity contribution >= 4 is 11.6 Å². The van der Waals surface area contributed by atoms with E-state index in [9.17, 15) is 18.0 Å². The summed E-state index contributed by atoms with van der Waals surface area (Å²) in [6.07, 6.45) is -0.596. The van der Waals surface area contributed by atoms with Crippen LogP contribution in [0.15, 0.2) is 31.0 Å². The van der Waals surface area contributed by atoms with Crippen LogP contribution in [0.5, 0.6) is 0 Å². The van der Waals surface area contributed by atoms with Gasteiger partial charge >= 0.3 is 6.18 Å². The van der Waals surface area contributed by atoms with Gasteiger partial charge in [0.15, 0.2) is 5.82 Å². The number of carbonyl (C=O) groups excluding carboxylic acids is 1. The highest BCUT2D eigenvalue weighted by atomic mass is 19.4. The van der Waals surface area contributed by atoms with Crippen molar-refractivity contribution < 1.29 is 27.4 Å². The number of alkyl halides is 3. The van der Waals surface area contributed by atoms with Crippen molar-refractivity contribution in [3.8, 4) is 5.82 Å². The van der Waals surface area contributed by atoms with Crippen molar-refractivity contribution in [1.82, 2.24) is 19.7 Å². The van der Waals surface area contributed by atoms with E-state index in [2.05, 4.69) is 20.4 Å². The van der Waals surface area contributed by atoms with Gasteiger partial charge in [0.1, 0.15) is 17.9 Å². The highest BCUT2D eigenvalue weighted by molar-refractivity contribution is 5.94. The van der Waals surface area contributed by atoms with E-state index in [1.165, 1.54) is 23.4 Å². The molecule has 2 aromatic heterocycles. The summed E-state index contributed by atoms with van der Waals surface area (Å²) in [6, 6.07) is 1.62. The van der Waals surface area contributed by atoms with Gasteiger partial charge in [-0.05, 0) is 12.5 Å². The molecule has 140 valence electrons. The Morgan fingerprint density at radius 3 is 2.92 bits per heavy atom. The van der Waals surface area contributed by atoms with Gasteiger partial charge in [0.2, 0.25) is 5.91 Å². The quantitative estimate of drug-likeness (QED) is 0.858. The molecule has 1 saturated heterocycles. The molecule has 1 fully saturated rings. The number of anilines is 1. The summed E-state index contributed by atoms with van der Waals surface area (Å²) in [5, 5.41) is 6.21. The molecular formula is C15H16F3N5O3. The Bertz CT molecular complexity index is 732. The fraction of sp³-hybridized carbons (Fsp3) is 0.467. The largest absolute Gasteiger partial charge is 0.400 e. The van der Waals surface area contributed by atoms with Gasteiger partial charge in [-0.25, -0.2) is 14.6 Å². The van der Waals surface area contributed by atoms with Crippen molar-refractivity contribution in [2.24, 2.45) is 5.92 Å². The molecule has 0 aliphatic carbocycles. The first-order valence-electron chi connectivity index (χ1n) is 7.82. The maximum absolute atomic E-state index is 13.4.